The van der Waals surface area contributed by atoms with Crippen molar-refractivity contribution in [3.8, 4) is 11.1 Å². The van der Waals surface area contributed by atoms with Crippen molar-refractivity contribution in [1.29, 1.82) is 0 Å². The lowest BCUT2D eigenvalue weighted by Gasteiger charge is -2.08. The molecule has 96 valence electrons. The Morgan fingerprint density at radius 3 is 2.95 bits per heavy atom. The van der Waals surface area contributed by atoms with Gasteiger partial charge in [0.15, 0.2) is 0 Å². The van der Waals surface area contributed by atoms with Crippen molar-refractivity contribution in [3.05, 3.63) is 60.3 Å². The van der Waals surface area contributed by atoms with Gasteiger partial charge in [0.2, 0.25) is 5.91 Å². The number of pyridine rings is 1. The Labute approximate surface area is 116 Å². The van der Waals surface area contributed by atoms with Crippen molar-refractivity contribution in [2.45, 2.75) is 6.42 Å². The number of carbonyl (C=O) groups is 1. The van der Waals surface area contributed by atoms with Crippen LogP contribution in [0.15, 0.2) is 54.7 Å². The van der Waals surface area contributed by atoms with Gasteiger partial charge in [-0.2, -0.15) is 0 Å². The predicted molar refractivity (Wildman–Crippen MR) is 79.5 cm³/mol. The largest absolute Gasteiger partial charge is 0.326 e. The molecule has 3 nitrogen and oxygen atoms in total. The normalized spacial score (nSPS) is 13.3. The van der Waals surface area contributed by atoms with E-state index in [0.717, 1.165) is 33.3 Å². The van der Waals surface area contributed by atoms with E-state index in [1.807, 2.05) is 30.3 Å². The van der Waals surface area contributed by atoms with Gasteiger partial charge in [-0.1, -0.05) is 24.3 Å². The molecule has 0 spiro atoms. The zero-order chi connectivity index (χ0) is 13.5. The summed E-state index contributed by atoms with van der Waals surface area (Å²) in [6, 6.07) is 16.3. The van der Waals surface area contributed by atoms with Crippen LogP contribution < -0.4 is 5.32 Å². The fraction of sp³-hybridized carbons (Fsp3) is 0.0588. The Bertz CT molecular complexity index is 834. The molecule has 0 saturated carbocycles. The maximum absolute atomic E-state index is 11.4. The number of carbonyl (C=O) groups excluding carboxylic acids is 1. The average Bonchev–Trinajstić information content (AvgIpc) is 2.85. The molecular weight excluding hydrogens is 248 g/mol. The molecule has 0 fully saturated rings. The molecule has 3 aromatic rings. The van der Waals surface area contributed by atoms with Crippen molar-refractivity contribution in [2.75, 3.05) is 5.32 Å². The van der Waals surface area contributed by atoms with Crippen LogP contribution in [0.2, 0.25) is 0 Å². The van der Waals surface area contributed by atoms with Crippen LogP contribution in [-0.4, -0.2) is 10.9 Å². The number of benzene rings is 2. The van der Waals surface area contributed by atoms with E-state index in [9.17, 15) is 4.79 Å². The second-order valence-electron chi connectivity index (χ2n) is 4.97. The number of hydrogen-bond acceptors (Lipinski definition) is 2. The highest BCUT2D eigenvalue weighted by Crippen LogP contribution is 2.32. The molecule has 0 radical (unpaired) electrons. The molecule has 1 aromatic heterocycles. The second-order valence-corrected chi connectivity index (χ2v) is 4.97. The van der Waals surface area contributed by atoms with Crippen LogP contribution in [0, 0.1) is 0 Å². The summed E-state index contributed by atoms with van der Waals surface area (Å²) in [6.07, 6.45) is 2.27. The van der Waals surface area contributed by atoms with Crippen molar-refractivity contribution >= 4 is 22.5 Å². The van der Waals surface area contributed by atoms with Crippen molar-refractivity contribution in [3.63, 3.8) is 0 Å². The molecule has 2 aromatic carbocycles. The first-order chi connectivity index (χ1) is 9.81. The summed E-state index contributed by atoms with van der Waals surface area (Å²) in [4.78, 5) is 15.8. The van der Waals surface area contributed by atoms with Crippen LogP contribution in [0.25, 0.3) is 22.0 Å². The second kappa shape index (κ2) is 4.17. The highest BCUT2D eigenvalue weighted by Gasteiger charge is 2.18. The molecule has 1 N–H and O–H groups in total. The lowest BCUT2D eigenvalue weighted by molar-refractivity contribution is -0.115. The Kier molecular flexibility index (Phi) is 2.33. The Hall–Kier alpha value is -2.68. The number of aromatic nitrogens is 1. The average molecular weight is 260 g/mol. The van der Waals surface area contributed by atoms with E-state index < -0.39 is 0 Å². The third kappa shape index (κ3) is 1.67. The first-order valence-corrected chi connectivity index (χ1v) is 6.58. The number of nitrogens with zero attached hydrogens (tertiary/aromatic N) is 1. The number of amides is 1. The first-order valence-electron chi connectivity index (χ1n) is 6.58. The summed E-state index contributed by atoms with van der Waals surface area (Å²) >= 11 is 0. The molecule has 3 heteroatoms. The molecule has 20 heavy (non-hydrogen) atoms. The number of fused-ring (bicyclic) bond motifs is 2. The third-order valence-corrected chi connectivity index (χ3v) is 3.69. The topological polar surface area (TPSA) is 42.0 Å². The van der Waals surface area contributed by atoms with Crippen molar-refractivity contribution in [2.24, 2.45) is 0 Å². The van der Waals surface area contributed by atoms with Crippen molar-refractivity contribution in [1.82, 2.24) is 4.98 Å². The van der Waals surface area contributed by atoms with Crippen LogP contribution >= 0.6 is 0 Å². The summed E-state index contributed by atoms with van der Waals surface area (Å²) in [5.41, 5.74) is 5.25. The Balaban J connectivity index is 1.92. The van der Waals surface area contributed by atoms with Gasteiger partial charge in [-0.05, 0) is 41.0 Å². The summed E-state index contributed by atoms with van der Waals surface area (Å²) in [5, 5.41) is 3.99. The van der Waals surface area contributed by atoms with E-state index in [2.05, 4.69) is 28.5 Å². The van der Waals surface area contributed by atoms with E-state index in [4.69, 9.17) is 0 Å². The Morgan fingerprint density at radius 1 is 1.05 bits per heavy atom. The van der Waals surface area contributed by atoms with Gasteiger partial charge in [0.05, 0.1) is 11.9 Å². The molecule has 2 heterocycles. The van der Waals surface area contributed by atoms with Crippen molar-refractivity contribution < 1.29 is 4.79 Å². The maximum atomic E-state index is 11.4. The van der Waals surface area contributed by atoms with Gasteiger partial charge in [0.1, 0.15) is 0 Å². The lowest BCUT2D eigenvalue weighted by atomic mass is 9.98. The first kappa shape index (κ1) is 11.2. The van der Waals surface area contributed by atoms with E-state index in [-0.39, 0.29) is 5.91 Å². The van der Waals surface area contributed by atoms with Gasteiger partial charge in [-0.25, -0.2) is 0 Å². The quantitative estimate of drug-likeness (QED) is 0.728. The molecule has 1 amide bonds. The molecule has 0 saturated heterocycles. The molecular formula is C17H12N2O. The summed E-state index contributed by atoms with van der Waals surface area (Å²) in [6.45, 7) is 0. The zero-order valence-electron chi connectivity index (χ0n) is 10.8. The van der Waals surface area contributed by atoms with Gasteiger partial charge < -0.3 is 5.32 Å². The summed E-state index contributed by atoms with van der Waals surface area (Å²) in [7, 11) is 0. The van der Waals surface area contributed by atoms with Gasteiger partial charge in [-0.3, -0.25) is 9.78 Å². The van der Waals surface area contributed by atoms with Gasteiger partial charge in [0, 0.05) is 17.3 Å². The molecule has 0 atom stereocenters. The van der Waals surface area contributed by atoms with Crippen LogP contribution in [-0.2, 0) is 11.2 Å². The molecule has 1 aliphatic rings. The maximum Gasteiger partial charge on any atom is 0.228 e. The minimum Gasteiger partial charge on any atom is -0.326 e. The standard InChI is InChI=1S/C17H12N2O/c20-17-10-12-9-11(6-7-15(12)19-17)13-3-1-5-16-14(13)4-2-8-18-16/h1-9H,10H2,(H,19,20). The molecule has 1 aliphatic heterocycles. The van der Waals surface area contributed by atoms with Gasteiger partial charge in [0.25, 0.3) is 0 Å². The van der Waals surface area contributed by atoms with Crippen LogP contribution in [0.1, 0.15) is 5.56 Å². The fourth-order valence-electron chi connectivity index (χ4n) is 2.75. The number of hydrogen-bond donors (Lipinski definition) is 1. The van der Waals surface area contributed by atoms with Gasteiger partial charge in [-0.15, -0.1) is 0 Å². The molecule has 0 aliphatic carbocycles. The monoisotopic (exact) mass is 260 g/mol. The minimum atomic E-state index is 0.0664. The number of nitrogens with one attached hydrogen (secondary N) is 1. The number of anilines is 1. The van der Waals surface area contributed by atoms with Gasteiger partial charge >= 0.3 is 0 Å². The SMILES string of the molecule is O=C1Cc2cc(-c3cccc4ncccc34)ccc2N1. The molecule has 0 unspecified atom stereocenters. The summed E-state index contributed by atoms with van der Waals surface area (Å²) < 4.78 is 0. The number of rotatable bonds is 1. The zero-order valence-corrected chi connectivity index (χ0v) is 10.8. The van der Waals surface area contributed by atoms with Crippen LogP contribution in [0.3, 0.4) is 0 Å². The lowest BCUT2D eigenvalue weighted by Crippen LogP contribution is -2.03. The highest BCUT2D eigenvalue weighted by atomic mass is 16.1. The Morgan fingerprint density at radius 2 is 2.00 bits per heavy atom. The molecule has 4 rings (SSSR count). The third-order valence-electron chi connectivity index (χ3n) is 3.69. The van der Waals surface area contributed by atoms with E-state index >= 15 is 0 Å². The van der Waals surface area contributed by atoms with E-state index in [1.165, 1.54) is 0 Å². The smallest absolute Gasteiger partial charge is 0.228 e. The summed E-state index contributed by atoms with van der Waals surface area (Å²) in [5.74, 6) is 0.0664. The van der Waals surface area contributed by atoms with E-state index in [1.54, 1.807) is 6.20 Å². The fourth-order valence-corrected chi connectivity index (χ4v) is 2.75. The molecule has 0 bridgehead atoms. The van der Waals surface area contributed by atoms with E-state index in [0.29, 0.717) is 6.42 Å². The predicted octanol–water partition coefficient (Wildman–Crippen LogP) is 3.40. The highest BCUT2D eigenvalue weighted by molar-refractivity contribution is 6.01. The minimum absolute atomic E-state index is 0.0664. The van der Waals surface area contributed by atoms with Crippen LogP contribution in [0.5, 0.6) is 0 Å². The van der Waals surface area contributed by atoms with Crippen LogP contribution in [0.4, 0.5) is 5.69 Å².